The molecule has 0 bridgehead atoms. The summed E-state index contributed by atoms with van der Waals surface area (Å²) in [5, 5.41) is 8.56. The highest BCUT2D eigenvalue weighted by Gasteiger charge is 2.28. The van der Waals surface area contributed by atoms with Crippen molar-refractivity contribution in [1.29, 1.82) is 0 Å². The van der Waals surface area contributed by atoms with E-state index in [-0.39, 0.29) is 30.2 Å². The minimum absolute atomic E-state index is 0.0456. The fourth-order valence-corrected chi connectivity index (χ4v) is 3.51. The van der Waals surface area contributed by atoms with Gasteiger partial charge >= 0.3 is 0 Å². The van der Waals surface area contributed by atoms with E-state index in [9.17, 15) is 14.4 Å². The maximum atomic E-state index is 12.3. The Bertz CT molecular complexity index is 651. The van der Waals surface area contributed by atoms with Gasteiger partial charge in [-0.15, -0.1) is 0 Å². The number of para-hydroxylation sites is 1. The van der Waals surface area contributed by atoms with Crippen LogP contribution in [0.25, 0.3) is 0 Å². The van der Waals surface area contributed by atoms with Crippen molar-refractivity contribution in [2.45, 2.75) is 63.5 Å². The highest BCUT2D eigenvalue weighted by atomic mass is 16.2. The van der Waals surface area contributed by atoms with E-state index in [1.807, 2.05) is 0 Å². The fraction of sp³-hybridized carbons (Fsp3) is 0.526. The first-order chi connectivity index (χ1) is 12.1. The molecule has 1 unspecified atom stereocenters. The van der Waals surface area contributed by atoms with E-state index < -0.39 is 6.04 Å². The van der Waals surface area contributed by atoms with Gasteiger partial charge in [0, 0.05) is 12.5 Å². The topological polar surface area (TPSA) is 87.3 Å². The second-order valence-electron chi connectivity index (χ2n) is 6.86. The number of benzene rings is 1. The number of rotatable bonds is 4. The molecule has 0 aromatic heterocycles. The molecule has 134 valence electrons. The lowest BCUT2D eigenvalue weighted by atomic mass is 10.1. The van der Waals surface area contributed by atoms with Crippen molar-refractivity contribution in [1.82, 2.24) is 10.6 Å². The summed E-state index contributed by atoms with van der Waals surface area (Å²) < 4.78 is 0. The standard InChI is InChI=1S/C19H25N3O3/c23-17(20-13-7-3-1-2-4-8-13)12-11-16-19(25)21-15-10-6-5-9-14(15)18(24)22-16/h5-6,9-10,13,16H,1-4,7-8,11-12H2,(H,20,23)(H,21,25)(H,22,24). The normalized spacial score (nSPS) is 21.4. The maximum Gasteiger partial charge on any atom is 0.254 e. The van der Waals surface area contributed by atoms with Crippen LogP contribution in [0.15, 0.2) is 24.3 Å². The number of carbonyl (C=O) groups is 3. The first-order valence-electron chi connectivity index (χ1n) is 9.13. The van der Waals surface area contributed by atoms with Crippen LogP contribution in [0.5, 0.6) is 0 Å². The van der Waals surface area contributed by atoms with Crippen LogP contribution < -0.4 is 16.0 Å². The van der Waals surface area contributed by atoms with Gasteiger partial charge in [0.05, 0.1) is 11.3 Å². The Morgan fingerprint density at radius 3 is 2.56 bits per heavy atom. The second kappa shape index (κ2) is 8.14. The van der Waals surface area contributed by atoms with Gasteiger partial charge in [-0.1, -0.05) is 37.8 Å². The van der Waals surface area contributed by atoms with Gasteiger partial charge in [0.1, 0.15) is 6.04 Å². The van der Waals surface area contributed by atoms with Crippen LogP contribution in [0.3, 0.4) is 0 Å². The van der Waals surface area contributed by atoms with Crippen LogP contribution in [-0.2, 0) is 9.59 Å². The Balaban J connectivity index is 1.53. The van der Waals surface area contributed by atoms with Crippen LogP contribution >= 0.6 is 0 Å². The van der Waals surface area contributed by atoms with Crippen molar-refractivity contribution in [2.24, 2.45) is 0 Å². The average Bonchev–Trinajstić information content (AvgIpc) is 2.92. The number of hydrogen-bond acceptors (Lipinski definition) is 3. The van der Waals surface area contributed by atoms with Crippen LogP contribution in [0.4, 0.5) is 5.69 Å². The van der Waals surface area contributed by atoms with E-state index in [0.29, 0.717) is 17.7 Å². The minimum atomic E-state index is -0.695. The summed E-state index contributed by atoms with van der Waals surface area (Å²) >= 11 is 0. The molecule has 1 aliphatic carbocycles. The average molecular weight is 343 g/mol. The molecular weight excluding hydrogens is 318 g/mol. The van der Waals surface area contributed by atoms with E-state index in [0.717, 1.165) is 25.7 Å². The number of carbonyl (C=O) groups excluding carboxylic acids is 3. The number of anilines is 1. The Morgan fingerprint density at radius 1 is 1.08 bits per heavy atom. The molecule has 1 aromatic carbocycles. The molecule has 0 radical (unpaired) electrons. The first kappa shape index (κ1) is 17.5. The fourth-order valence-electron chi connectivity index (χ4n) is 3.51. The summed E-state index contributed by atoms with van der Waals surface area (Å²) in [7, 11) is 0. The Morgan fingerprint density at radius 2 is 1.80 bits per heavy atom. The zero-order valence-electron chi connectivity index (χ0n) is 14.3. The molecule has 6 heteroatoms. The van der Waals surface area contributed by atoms with Gasteiger partial charge in [-0.2, -0.15) is 0 Å². The van der Waals surface area contributed by atoms with Crippen molar-refractivity contribution in [3.63, 3.8) is 0 Å². The van der Waals surface area contributed by atoms with Gasteiger partial charge in [0.25, 0.3) is 5.91 Å². The van der Waals surface area contributed by atoms with Gasteiger partial charge in [0.15, 0.2) is 0 Å². The molecule has 0 saturated heterocycles. The molecule has 0 spiro atoms. The van der Waals surface area contributed by atoms with Gasteiger partial charge in [-0.3, -0.25) is 14.4 Å². The summed E-state index contributed by atoms with van der Waals surface area (Å²) in [4.78, 5) is 36.8. The van der Waals surface area contributed by atoms with Crippen LogP contribution in [0.2, 0.25) is 0 Å². The summed E-state index contributed by atoms with van der Waals surface area (Å²) in [5.74, 6) is -0.612. The lowest BCUT2D eigenvalue weighted by Gasteiger charge is -2.18. The van der Waals surface area contributed by atoms with Crippen LogP contribution in [-0.4, -0.2) is 29.8 Å². The number of hydrogen-bond donors (Lipinski definition) is 3. The Labute approximate surface area is 147 Å². The Kier molecular flexibility index (Phi) is 5.68. The van der Waals surface area contributed by atoms with Gasteiger partial charge in [0.2, 0.25) is 11.8 Å². The molecule has 1 fully saturated rings. The predicted octanol–water partition coefficient (Wildman–Crippen LogP) is 2.36. The van der Waals surface area contributed by atoms with Crippen molar-refractivity contribution in [2.75, 3.05) is 5.32 Å². The van der Waals surface area contributed by atoms with Crippen molar-refractivity contribution < 1.29 is 14.4 Å². The monoisotopic (exact) mass is 343 g/mol. The summed E-state index contributed by atoms with van der Waals surface area (Å²) in [6.07, 6.45) is 7.37. The van der Waals surface area contributed by atoms with E-state index in [2.05, 4.69) is 16.0 Å². The number of amides is 3. The molecule has 2 aliphatic rings. The first-order valence-corrected chi connectivity index (χ1v) is 9.13. The van der Waals surface area contributed by atoms with E-state index in [1.54, 1.807) is 24.3 Å². The highest BCUT2D eigenvalue weighted by Crippen LogP contribution is 2.20. The molecule has 1 saturated carbocycles. The molecule has 1 heterocycles. The minimum Gasteiger partial charge on any atom is -0.353 e. The third kappa shape index (κ3) is 4.59. The molecule has 1 aromatic rings. The third-order valence-electron chi connectivity index (χ3n) is 4.93. The predicted molar refractivity (Wildman–Crippen MR) is 95.2 cm³/mol. The maximum absolute atomic E-state index is 12.3. The van der Waals surface area contributed by atoms with Crippen molar-refractivity contribution in [3.8, 4) is 0 Å². The molecular formula is C19H25N3O3. The summed E-state index contributed by atoms with van der Waals surface area (Å²) in [5.41, 5.74) is 0.955. The molecule has 25 heavy (non-hydrogen) atoms. The summed E-state index contributed by atoms with van der Waals surface area (Å²) in [6.45, 7) is 0. The van der Waals surface area contributed by atoms with E-state index in [4.69, 9.17) is 0 Å². The smallest absolute Gasteiger partial charge is 0.254 e. The number of fused-ring (bicyclic) bond motifs is 1. The van der Waals surface area contributed by atoms with Gasteiger partial charge in [-0.05, 0) is 31.4 Å². The van der Waals surface area contributed by atoms with Gasteiger partial charge in [-0.25, -0.2) is 0 Å². The quantitative estimate of drug-likeness (QED) is 0.734. The lowest BCUT2D eigenvalue weighted by Crippen LogP contribution is -2.42. The second-order valence-corrected chi connectivity index (χ2v) is 6.86. The van der Waals surface area contributed by atoms with E-state index in [1.165, 1.54) is 12.8 Å². The zero-order chi connectivity index (χ0) is 17.6. The van der Waals surface area contributed by atoms with Crippen LogP contribution in [0, 0.1) is 0 Å². The zero-order valence-corrected chi connectivity index (χ0v) is 14.3. The van der Waals surface area contributed by atoms with Crippen molar-refractivity contribution >= 4 is 23.4 Å². The van der Waals surface area contributed by atoms with Crippen molar-refractivity contribution in [3.05, 3.63) is 29.8 Å². The molecule has 3 amide bonds. The Hall–Kier alpha value is -2.37. The molecule has 3 N–H and O–H groups in total. The van der Waals surface area contributed by atoms with E-state index >= 15 is 0 Å². The molecule has 3 rings (SSSR count). The molecule has 1 aliphatic heterocycles. The highest BCUT2D eigenvalue weighted by molar-refractivity contribution is 6.09. The summed E-state index contributed by atoms with van der Waals surface area (Å²) in [6, 6.07) is 6.45. The lowest BCUT2D eigenvalue weighted by molar-refractivity contribution is -0.122. The molecule has 6 nitrogen and oxygen atoms in total. The largest absolute Gasteiger partial charge is 0.353 e. The molecule has 1 atom stereocenters. The third-order valence-corrected chi connectivity index (χ3v) is 4.93. The van der Waals surface area contributed by atoms with Crippen LogP contribution in [0.1, 0.15) is 61.7 Å². The number of nitrogens with one attached hydrogen (secondary N) is 3. The SMILES string of the molecule is O=C(CCC1NC(=O)c2ccccc2NC1=O)NC1CCCCCC1. The van der Waals surface area contributed by atoms with Gasteiger partial charge < -0.3 is 16.0 Å².